The molecule has 7 nitrogen and oxygen atoms in total. The highest BCUT2D eigenvalue weighted by atomic mass is 19.1. The van der Waals surface area contributed by atoms with E-state index in [0.717, 1.165) is 5.56 Å². The number of carbonyl (C=O) groups is 1. The molecule has 0 atom stereocenters. The average molecular weight is 356 g/mol. The van der Waals surface area contributed by atoms with Gasteiger partial charge in [0.2, 0.25) is 17.7 Å². The second kappa shape index (κ2) is 7.30. The van der Waals surface area contributed by atoms with Crippen molar-refractivity contribution in [3.63, 3.8) is 0 Å². The van der Waals surface area contributed by atoms with Crippen molar-refractivity contribution in [1.29, 1.82) is 0 Å². The summed E-state index contributed by atoms with van der Waals surface area (Å²) in [6, 6.07) is 7.26. The van der Waals surface area contributed by atoms with Crippen molar-refractivity contribution in [2.24, 2.45) is 0 Å². The van der Waals surface area contributed by atoms with Crippen LogP contribution in [0.15, 0.2) is 45.7 Å². The molecule has 0 saturated carbocycles. The van der Waals surface area contributed by atoms with E-state index in [1.165, 1.54) is 29.0 Å². The van der Waals surface area contributed by atoms with Gasteiger partial charge in [-0.3, -0.25) is 9.59 Å². The Morgan fingerprint density at radius 3 is 2.81 bits per heavy atom. The first-order valence-corrected chi connectivity index (χ1v) is 8.05. The Kier molecular flexibility index (Phi) is 4.92. The van der Waals surface area contributed by atoms with Gasteiger partial charge in [-0.15, -0.1) is 10.2 Å². The third kappa shape index (κ3) is 3.85. The van der Waals surface area contributed by atoms with Crippen LogP contribution < -0.4 is 10.9 Å². The number of aromatic nitrogens is 3. The molecule has 26 heavy (non-hydrogen) atoms. The molecule has 2 aromatic heterocycles. The van der Waals surface area contributed by atoms with Crippen LogP contribution >= 0.6 is 0 Å². The molecule has 1 N–H and O–H groups in total. The lowest BCUT2D eigenvalue weighted by Gasteiger charge is -2.09. The molecule has 0 radical (unpaired) electrons. The predicted octanol–water partition coefficient (Wildman–Crippen LogP) is 2.55. The molecule has 0 saturated heterocycles. The molecule has 0 aliphatic rings. The number of aryl methyl sites for hydroxylation is 2. The summed E-state index contributed by atoms with van der Waals surface area (Å²) in [4.78, 5) is 24.2. The molecule has 0 aliphatic heterocycles. The van der Waals surface area contributed by atoms with Crippen molar-refractivity contribution in [3.05, 3.63) is 64.2 Å². The Morgan fingerprint density at radius 1 is 1.27 bits per heavy atom. The van der Waals surface area contributed by atoms with Crippen LogP contribution in [0.3, 0.4) is 0 Å². The summed E-state index contributed by atoms with van der Waals surface area (Å²) < 4.78 is 20.4. The topological polar surface area (TPSA) is 90.0 Å². The van der Waals surface area contributed by atoms with Gasteiger partial charge < -0.3 is 14.3 Å². The van der Waals surface area contributed by atoms with Gasteiger partial charge in [0.1, 0.15) is 12.4 Å². The van der Waals surface area contributed by atoms with E-state index in [2.05, 4.69) is 15.5 Å². The Bertz CT molecular complexity index is 1010. The van der Waals surface area contributed by atoms with Gasteiger partial charge in [0.05, 0.1) is 11.3 Å². The first-order valence-electron chi connectivity index (χ1n) is 8.05. The standard InChI is InChI=1S/C18H17FN4O3/c1-3-16-21-22-18(26-16)12-5-7-17(25)23(9-12)10-15(24)20-14-8-11(2)4-6-13(14)19/h4-9H,3,10H2,1-2H3,(H,20,24). The Hall–Kier alpha value is -3.29. The molecule has 2 heterocycles. The molecular formula is C18H17FN4O3. The van der Waals surface area contributed by atoms with Crippen LogP contribution in [-0.4, -0.2) is 20.7 Å². The minimum Gasteiger partial charge on any atom is -0.421 e. The van der Waals surface area contributed by atoms with Crippen molar-refractivity contribution in [2.75, 3.05) is 5.32 Å². The zero-order chi connectivity index (χ0) is 18.7. The van der Waals surface area contributed by atoms with Crippen molar-refractivity contribution in [2.45, 2.75) is 26.8 Å². The molecule has 3 aromatic rings. The van der Waals surface area contributed by atoms with Crippen molar-refractivity contribution >= 4 is 11.6 Å². The molecule has 3 rings (SSSR count). The molecule has 134 valence electrons. The van der Waals surface area contributed by atoms with E-state index in [4.69, 9.17) is 4.42 Å². The molecule has 1 amide bonds. The van der Waals surface area contributed by atoms with Gasteiger partial charge in [-0.05, 0) is 30.7 Å². The highest BCUT2D eigenvalue weighted by Gasteiger charge is 2.12. The summed E-state index contributed by atoms with van der Waals surface area (Å²) >= 11 is 0. The average Bonchev–Trinajstić information content (AvgIpc) is 3.09. The molecule has 0 aliphatic carbocycles. The summed E-state index contributed by atoms with van der Waals surface area (Å²) in [5, 5.41) is 10.3. The van der Waals surface area contributed by atoms with E-state index in [9.17, 15) is 14.0 Å². The summed E-state index contributed by atoms with van der Waals surface area (Å²) in [5.41, 5.74) is 1.03. The first kappa shape index (κ1) is 17.5. The summed E-state index contributed by atoms with van der Waals surface area (Å²) in [6.45, 7) is 3.40. The second-order valence-corrected chi connectivity index (χ2v) is 5.77. The van der Waals surface area contributed by atoms with E-state index < -0.39 is 11.7 Å². The zero-order valence-electron chi connectivity index (χ0n) is 14.3. The molecule has 8 heteroatoms. The second-order valence-electron chi connectivity index (χ2n) is 5.77. The number of pyridine rings is 1. The fourth-order valence-corrected chi connectivity index (χ4v) is 2.37. The van der Waals surface area contributed by atoms with Gasteiger partial charge in [0, 0.05) is 18.7 Å². The highest BCUT2D eigenvalue weighted by molar-refractivity contribution is 5.90. The number of halogens is 1. The van der Waals surface area contributed by atoms with Crippen molar-refractivity contribution in [3.8, 4) is 11.5 Å². The Labute approximate surface area is 148 Å². The monoisotopic (exact) mass is 356 g/mol. The lowest BCUT2D eigenvalue weighted by atomic mass is 10.2. The molecule has 0 bridgehead atoms. The first-order chi connectivity index (χ1) is 12.5. The smallest absolute Gasteiger partial charge is 0.251 e. The SMILES string of the molecule is CCc1nnc(-c2ccc(=O)n(CC(=O)Nc3cc(C)ccc3F)c2)o1. The minimum atomic E-state index is -0.539. The summed E-state index contributed by atoms with van der Waals surface area (Å²) in [6.07, 6.45) is 2.05. The van der Waals surface area contributed by atoms with Crippen LogP contribution in [0.25, 0.3) is 11.5 Å². The third-order valence-corrected chi connectivity index (χ3v) is 3.71. The Morgan fingerprint density at radius 2 is 2.08 bits per heavy atom. The fraction of sp³-hybridized carbons (Fsp3) is 0.222. The highest BCUT2D eigenvalue weighted by Crippen LogP contribution is 2.17. The maximum atomic E-state index is 13.8. The number of amides is 1. The maximum absolute atomic E-state index is 13.8. The van der Waals surface area contributed by atoms with E-state index in [1.807, 2.05) is 6.92 Å². The predicted molar refractivity (Wildman–Crippen MR) is 93.1 cm³/mol. The number of benzene rings is 1. The largest absolute Gasteiger partial charge is 0.421 e. The number of rotatable bonds is 5. The molecule has 0 fully saturated rings. The van der Waals surface area contributed by atoms with Gasteiger partial charge in [-0.25, -0.2) is 4.39 Å². The Balaban J connectivity index is 1.80. The number of nitrogens with zero attached hydrogens (tertiary/aromatic N) is 3. The van der Waals surface area contributed by atoms with Crippen LogP contribution in [0.4, 0.5) is 10.1 Å². The number of hydrogen-bond donors (Lipinski definition) is 1. The van der Waals surface area contributed by atoms with E-state index in [1.54, 1.807) is 19.1 Å². The number of carbonyl (C=O) groups excluding carboxylic acids is 1. The van der Waals surface area contributed by atoms with Gasteiger partial charge in [-0.2, -0.15) is 0 Å². The van der Waals surface area contributed by atoms with Crippen LogP contribution in [0.5, 0.6) is 0 Å². The minimum absolute atomic E-state index is 0.0729. The van der Waals surface area contributed by atoms with E-state index in [0.29, 0.717) is 17.9 Å². The summed E-state index contributed by atoms with van der Waals surface area (Å²) in [5.74, 6) is -0.317. The maximum Gasteiger partial charge on any atom is 0.251 e. The molecular weight excluding hydrogens is 339 g/mol. The summed E-state index contributed by atoms with van der Waals surface area (Å²) in [7, 11) is 0. The van der Waals surface area contributed by atoms with E-state index in [-0.39, 0.29) is 23.7 Å². The van der Waals surface area contributed by atoms with Crippen molar-refractivity contribution in [1.82, 2.24) is 14.8 Å². The molecule has 1 aromatic carbocycles. The lowest BCUT2D eigenvalue weighted by Crippen LogP contribution is -2.27. The number of nitrogens with one attached hydrogen (secondary N) is 1. The molecule has 0 unspecified atom stereocenters. The molecule has 0 spiro atoms. The van der Waals surface area contributed by atoms with Crippen molar-refractivity contribution < 1.29 is 13.6 Å². The quantitative estimate of drug-likeness (QED) is 0.759. The van der Waals surface area contributed by atoms with Crippen LogP contribution in [-0.2, 0) is 17.8 Å². The van der Waals surface area contributed by atoms with Gasteiger partial charge in [0.15, 0.2) is 0 Å². The van der Waals surface area contributed by atoms with Crippen LogP contribution in [0.2, 0.25) is 0 Å². The fourth-order valence-electron chi connectivity index (χ4n) is 2.37. The van der Waals surface area contributed by atoms with Gasteiger partial charge >= 0.3 is 0 Å². The van der Waals surface area contributed by atoms with Crippen LogP contribution in [0.1, 0.15) is 18.4 Å². The number of anilines is 1. The third-order valence-electron chi connectivity index (χ3n) is 3.71. The number of hydrogen-bond acceptors (Lipinski definition) is 5. The van der Waals surface area contributed by atoms with Gasteiger partial charge in [0.25, 0.3) is 5.56 Å². The normalized spacial score (nSPS) is 10.7. The van der Waals surface area contributed by atoms with Gasteiger partial charge in [-0.1, -0.05) is 13.0 Å². The lowest BCUT2D eigenvalue weighted by molar-refractivity contribution is -0.116. The zero-order valence-corrected chi connectivity index (χ0v) is 14.3. The van der Waals surface area contributed by atoms with Crippen LogP contribution in [0, 0.1) is 12.7 Å². The van der Waals surface area contributed by atoms with E-state index >= 15 is 0 Å².